The maximum atomic E-state index is 13.5. The van der Waals surface area contributed by atoms with E-state index in [0.29, 0.717) is 42.7 Å². The van der Waals surface area contributed by atoms with Crippen molar-refractivity contribution in [2.45, 2.75) is 6.54 Å². The van der Waals surface area contributed by atoms with E-state index in [1.165, 1.54) is 23.7 Å². The van der Waals surface area contributed by atoms with Gasteiger partial charge in [-0.15, -0.1) is 0 Å². The fourth-order valence-corrected chi connectivity index (χ4v) is 4.70. The third kappa shape index (κ3) is 4.17. The van der Waals surface area contributed by atoms with Crippen molar-refractivity contribution >= 4 is 34.6 Å². The largest absolute Gasteiger partial charge is 0.339 e. The molecule has 186 valence electrons. The molecule has 1 aliphatic rings. The van der Waals surface area contributed by atoms with Gasteiger partial charge in [-0.25, -0.2) is 9.18 Å². The Labute approximate surface area is 210 Å². The molecule has 5 rings (SSSR count). The smallest absolute Gasteiger partial charge is 0.332 e. The Kier molecular flexibility index (Phi) is 6.13. The summed E-state index contributed by atoms with van der Waals surface area (Å²) in [4.78, 5) is 47.1. The summed E-state index contributed by atoms with van der Waals surface area (Å²) in [6.07, 6.45) is 0. The first kappa shape index (κ1) is 23.8. The highest BCUT2D eigenvalue weighted by molar-refractivity contribution is 6.30. The molecule has 9 nitrogen and oxygen atoms in total. The first-order valence-corrected chi connectivity index (χ1v) is 11.8. The van der Waals surface area contributed by atoms with Gasteiger partial charge in [-0.1, -0.05) is 29.8 Å². The van der Waals surface area contributed by atoms with Crippen molar-refractivity contribution in [1.29, 1.82) is 0 Å². The van der Waals surface area contributed by atoms with Gasteiger partial charge in [-0.2, -0.15) is 4.98 Å². The Morgan fingerprint density at radius 1 is 1.00 bits per heavy atom. The van der Waals surface area contributed by atoms with Gasteiger partial charge in [-0.3, -0.25) is 23.3 Å². The number of fused-ring (bicyclic) bond motifs is 1. The maximum absolute atomic E-state index is 13.5. The molecule has 4 aromatic rings. The zero-order valence-corrected chi connectivity index (χ0v) is 20.6. The molecule has 3 heterocycles. The Balaban J connectivity index is 1.51. The zero-order chi connectivity index (χ0) is 25.6. The van der Waals surface area contributed by atoms with Crippen LogP contribution in [-0.2, 0) is 20.6 Å². The maximum Gasteiger partial charge on any atom is 0.332 e. The molecule has 0 bridgehead atoms. The van der Waals surface area contributed by atoms with E-state index in [-0.39, 0.29) is 29.4 Å². The summed E-state index contributed by atoms with van der Waals surface area (Å²) >= 11 is 6.05. The van der Waals surface area contributed by atoms with Crippen LogP contribution in [0, 0.1) is 5.82 Å². The van der Waals surface area contributed by atoms with Gasteiger partial charge in [0.1, 0.15) is 5.82 Å². The van der Waals surface area contributed by atoms with Crippen molar-refractivity contribution in [3.8, 4) is 0 Å². The molecule has 0 saturated carbocycles. The lowest BCUT2D eigenvalue weighted by Gasteiger charge is -2.35. The van der Waals surface area contributed by atoms with E-state index in [0.717, 1.165) is 10.1 Å². The van der Waals surface area contributed by atoms with E-state index in [2.05, 4.69) is 0 Å². The number of piperazine rings is 1. The lowest BCUT2D eigenvalue weighted by atomic mass is 10.2. The summed E-state index contributed by atoms with van der Waals surface area (Å²) in [5.41, 5.74) is 0.945. The number of rotatable bonds is 4. The van der Waals surface area contributed by atoms with Gasteiger partial charge >= 0.3 is 5.69 Å². The number of aryl methyl sites for hydroxylation is 1. The van der Waals surface area contributed by atoms with E-state index in [4.69, 9.17) is 16.6 Å². The molecule has 1 fully saturated rings. The minimum atomic E-state index is -0.470. The number of carbonyl (C=O) groups is 1. The molecule has 0 atom stereocenters. The summed E-state index contributed by atoms with van der Waals surface area (Å²) in [5, 5.41) is 0.501. The molecule has 0 unspecified atom stereocenters. The predicted octanol–water partition coefficient (Wildman–Crippen LogP) is 2.24. The molecule has 1 aliphatic heterocycles. The van der Waals surface area contributed by atoms with Crippen LogP contribution in [0.5, 0.6) is 0 Å². The molecule has 0 spiro atoms. The Hall–Kier alpha value is -3.92. The van der Waals surface area contributed by atoms with Gasteiger partial charge < -0.3 is 9.80 Å². The highest BCUT2D eigenvalue weighted by Crippen LogP contribution is 2.23. The fraction of sp³-hybridized carbons (Fsp3) is 0.280. The van der Waals surface area contributed by atoms with Crippen LogP contribution in [-0.4, -0.2) is 55.7 Å². The van der Waals surface area contributed by atoms with Crippen molar-refractivity contribution < 1.29 is 9.18 Å². The number of nitrogens with zero attached hydrogens (tertiary/aromatic N) is 6. The number of halogens is 2. The molecular formula is C25H24ClFN6O3. The second kappa shape index (κ2) is 9.27. The van der Waals surface area contributed by atoms with Crippen molar-refractivity contribution in [3.63, 3.8) is 0 Å². The molecule has 0 radical (unpaired) electrons. The average Bonchev–Trinajstić information content (AvgIpc) is 3.26. The summed E-state index contributed by atoms with van der Waals surface area (Å²) < 4.78 is 17.7. The quantitative estimate of drug-likeness (QED) is 0.420. The van der Waals surface area contributed by atoms with Gasteiger partial charge in [0.15, 0.2) is 11.2 Å². The molecular weight excluding hydrogens is 487 g/mol. The molecule has 36 heavy (non-hydrogen) atoms. The van der Waals surface area contributed by atoms with Crippen LogP contribution in [0.25, 0.3) is 11.2 Å². The van der Waals surface area contributed by atoms with E-state index in [1.54, 1.807) is 52.9 Å². The van der Waals surface area contributed by atoms with Crippen LogP contribution < -0.4 is 16.1 Å². The second-order valence-corrected chi connectivity index (χ2v) is 9.23. The van der Waals surface area contributed by atoms with E-state index >= 15 is 0 Å². The average molecular weight is 511 g/mol. The first-order valence-electron chi connectivity index (χ1n) is 11.4. The van der Waals surface area contributed by atoms with Crippen LogP contribution in [0.3, 0.4) is 0 Å². The number of carbonyl (C=O) groups excluding carboxylic acids is 1. The Morgan fingerprint density at radius 2 is 1.69 bits per heavy atom. The van der Waals surface area contributed by atoms with Gasteiger partial charge in [0, 0.05) is 50.9 Å². The Bertz CT molecular complexity index is 1580. The highest BCUT2D eigenvalue weighted by Gasteiger charge is 2.27. The van der Waals surface area contributed by atoms with Crippen molar-refractivity contribution in [3.05, 3.63) is 91.3 Å². The number of hydrogen-bond acceptors (Lipinski definition) is 5. The minimum Gasteiger partial charge on any atom is -0.339 e. The van der Waals surface area contributed by atoms with E-state index in [9.17, 15) is 18.8 Å². The summed E-state index contributed by atoms with van der Waals surface area (Å²) in [6.45, 7) is 2.12. The van der Waals surface area contributed by atoms with Gasteiger partial charge in [0.25, 0.3) is 11.5 Å². The summed E-state index contributed by atoms with van der Waals surface area (Å²) in [6, 6.07) is 12.9. The summed E-state index contributed by atoms with van der Waals surface area (Å²) in [7, 11) is 3.00. The number of hydrogen-bond donors (Lipinski definition) is 0. The van der Waals surface area contributed by atoms with E-state index in [1.807, 2.05) is 4.90 Å². The Morgan fingerprint density at radius 3 is 2.36 bits per heavy atom. The molecule has 1 saturated heterocycles. The lowest BCUT2D eigenvalue weighted by molar-refractivity contribution is 0.0746. The topological polar surface area (TPSA) is 85.4 Å². The normalized spacial score (nSPS) is 14.0. The fourth-order valence-electron chi connectivity index (χ4n) is 4.51. The molecule has 2 aromatic carbocycles. The summed E-state index contributed by atoms with van der Waals surface area (Å²) in [5.74, 6) is 0.0592. The molecule has 2 aromatic heterocycles. The van der Waals surface area contributed by atoms with Gasteiger partial charge in [0.05, 0.1) is 6.54 Å². The monoisotopic (exact) mass is 510 g/mol. The number of imidazole rings is 1. The van der Waals surface area contributed by atoms with Crippen LogP contribution in [0.4, 0.5) is 10.3 Å². The number of aromatic nitrogens is 4. The SMILES string of the molecule is Cn1c(=O)c2c(nc(N3CCN(C(=O)c4cccc(Cl)c4)CC3)n2Cc2ccc(F)cc2)n(C)c1=O. The van der Waals surface area contributed by atoms with Crippen LogP contribution >= 0.6 is 11.6 Å². The number of amides is 1. The van der Waals surface area contributed by atoms with Crippen molar-refractivity contribution in [1.82, 2.24) is 23.6 Å². The third-order valence-corrected chi connectivity index (χ3v) is 6.74. The standard InChI is InChI=1S/C25H24ClFN6O3/c1-29-21-20(23(35)30(2)25(29)36)33(15-16-6-8-19(27)9-7-16)24(28-21)32-12-10-31(11-13-32)22(34)17-4-3-5-18(26)14-17/h3-9,14H,10-13,15H2,1-2H3. The molecule has 11 heteroatoms. The van der Waals surface area contributed by atoms with Crippen molar-refractivity contribution in [2.24, 2.45) is 14.1 Å². The van der Waals surface area contributed by atoms with Gasteiger partial charge in [0.2, 0.25) is 5.95 Å². The van der Waals surface area contributed by atoms with E-state index < -0.39 is 11.2 Å². The second-order valence-electron chi connectivity index (χ2n) is 8.79. The number of benzene rings is 2. The molecule has 0 N–H and O–H groups in total. The number of anilines is 1. The molecule has 1 amide bonds. The van der Waals surface area contributed by atoms with Crippen LogP contribution in [0.15, 0.2) is 58.1 Å². The zero-order valence-electron chi connectivity index (χ0n) is 19.8. The van der Waals surface area contributed by atoms with Crippen molar-refractivity contribution in [2.75, 3.05) is 31.1 Å². The van der Waals surface area contributed by atoms with Crippen LogP contribution in [0.1, 0.15) is 15.9 Å². The predicted molar refractivity (Wildman–Crippen MR) is 135 cm³/mol. The third-order valence-electron chi connectivity index (χ3n) is 6.50. The lowest BCUT2D eigenvalue weighted by Crippen LogP contribution is -2.49. The highest BCUT2D eigenvalue weighted by atomic mass is 35.5. The molecule has 0 aliphatic carbocycles. The van der Waals surface area contributed by atoms with Gasteiger partial charge in [-0.05, 0) is 35.9 Å². The first-order chi connectivity index (χ1) is 17.2. The van der Waals surface area contributed by atoms with Crippen LogP contribution in [0.2, 0.25) is 5.02 Å². The minimum absolute atomic E-state index is 0.103.